The molecule has 1 aliphatic heterocycles. The minimum Gasteiger partial charge on any atom is -0.509 e. The van der Waals surface area contributed by atoms with Crippen molar-refractivity contribution in [3.63, 3.8) is 0 Å². The van der Waals surface area contributed by atoms with E-state index in [0.717, 1.165) is 72.7 Å². The molecule has 0 saturated heterocycles. The second-order valence-electron chi connectivity index (χ2n) is 26.0. The van der Waals surface area contributed by atoms with Crippen molar-refractivity contribution in [2.24, 2.45) is 0 Å². The molecule has 7 heteroatoms. The number of para-hydroxylation sites is 4. The van der Waals surface area contributed by atoms with Crippen LogP contribution in [0.3, 0.4) is 0 Å². The van der Waals surface area contributed by atoms with E-state index >= 15 is 0 Å². The fourth-order valence-electron chi connectivity index (χ4n) is 10.5. The third kappa shape index (κ3) is 10.0. The first-order valence-corrected chi connectivity index (χ1v) is 26.8. The van der Waals surface area contributed by atoms with Gasteiger partial charge in [-0.2, -0.15) is 12.1 Å². The first-order valence-electron chi connectivity index (χ1n) is 26.8. The minimum atomic E-state index is -0.0740. The van der Waals surface area contributed by atoms with E-state index in [1.807, 2.05) is 36.5 Å². The summed E-state index contributed by atoms with van der Waals surface area (Å²) in [6, 6.07) is 60.0. The van der Waals surface area contributed by atoms with Crippen LogP contribution in [0.4, 0.5) is 22.7 Å². The van der Waals surface area contributed by atoms with E-state index in [1.54, 1.807) is 0 Å². The van der Waals surface area contributed by atoms with Crippen molar-refractivity contribution < 1.29 is 30.2 Å². The molecule has 10 aromatic rings. The van der Waals surface area contributed by atoms with E-state index in [-0.39, 0.29) is 48.1 Å². The number of ether oxygens (including phenoxy) is 1. The molecule has 0 radical (unpaired) electrons. The van der Waals surface area contributed by atoms with Crippen LogP contribution in [0.15, 0.2) is 156 Å². The van der Waals surface area contributed by atoms with Crippen molar-refractivity contribution in [1.82, 2.24) is 9.55 Å². The summed E-state index contributed by atoms with van der Waals surface area (Å²) >= 11 is 0. The third-order valence-corrected chi connectivity index (χ3v) is 15.1. The standard InChI is InChI=1S/C70H71N4O2.Pt/c1-66(2,3)46-32-33-71-62(40-46)74-60-42-53(30-31-56(60)65-64(74)57-24-16-19-29-61(57)76-65)75-52-23-20-22-51(41-52)72-43-73(59-28-18-17-27-58(59)72)63-54(44-34-47(67(4,5)6)38-48(35-44)68(7,8)9)25-21-26-55(63)45-36-49(69(10,11)12)39-50(37-45)70(13,14)15;/h16-40,43H,1-15H3;/q-3;. The summed E-state index contributed by atoms with van der Waals surface area (Å²) in [6.45, 7) is 36.7. The molecule has 6 nitrogen and oxygen atoms in total. The molecule has 1 aliphatic rings. The zero-order chi connectivity index (χ0) is 53.9. The molecular weight excluding hydrogens is 1120 g/mol. The van der Waals surface area contributed by atoms with Gasteiger partial charge >= 0.3 is 0 Å². The molecule has 0 bridgehead atoms. The third-order valence-electron chi connectivity index (χ3n) is 15.1. The second-order valence-corrected chi connectivity index (χ2v) is 26.0. The largest absolute Gasteiger partial charge is 0.509 e. The molecule has 0 aliphatic carbocycles. The smallest absolute Gasteiger partial charge is 0.136 e. The summed E-state index contributed by atoms with van der Waals surface area (Å²) in [6.07, 6.45) is 1.89. The van der Waals surface area contributed by atoms with Crippen LogP contribution in [0.5, 0.6) is 11.5 Å². The van der Waals surface area contributed by atoms with Crippen LogP contribution < -0.4 is 14.5 Å². The maximum atomic E-state index is 6.79. The van der Waals surface area contributed by atoms with Crippen LogP contribution in [0.25, 0.3) is 61.0 Å². The summed E-state index contributed by atoms with van der Waals surface area (Å²) in [7, 11) is 0. The molecule has 3 aromatic heterocycles. The van der Waals surface area contributed by atoms with Gasteiger partial charge in [-0.1, -0.05) is 194 Å². The zero-order valence-corrected chi connectivity index (χ0v) is 49.7. The Morgan fingerprint density at radius 3 is 1.57 bits per heavy atom. The van der Waals surface area contributed by atoms with E-state index in [1.165, 1.54) is 38.9 Å². The van der Waals surface area contributed by atoms with Crippen LogP contribution in [0, 0.1) is 18.8 Å². The summed E-state index contributed by atoms with van der Waals surface area (Å²) in [5.74, 6) is 1.93. The summed E-state index contributed by atoms with van der Waals surface area (Å²) < 4.78 is 15.5. The number of fused-ring (bicyclic) bond motifs is 6. The van der Waals surface area contributed by atoms with Gasteiger partial charge in [-0.25, -0.2) is 4.98 Å². The monoisotopic (exact) mass is 1190 g/mol. The fraction of sp³-hybridized carbons (Fsp3) is 0.286. The number of aromatic nitrogens is 2. The maximum absolute atomic E-state index is 6.79. The number of pyridine rings is 1. The van der Waals surface area contributed by atoms with Gasteiger partial charge in [0.1, 0.15) is 17.0 Å². The fourth-order valence-corrected chi connectivity index (χ4v) is 10.5. The Hall–Kier alpha value is -6.88. The van der Waals surface area contributed by atoms with Crippen molar-refractivity contribution in [3.8, 4) is 39.6 Å². The van der Waals surface area contributed by atoms with Crippen molar-refractivity contribution in [1.29, 1.82) is 0 Å². The van der Waals surface area contributed by atoms with Gasteiger partial charge in [0.15, 0.2) is 0 Å². The first-order chi connectivity index (χ1) is 35.8. The number of rotatable bonds is 7. The number of hydrogen-bond donors (Lipinski definition) is 0. The summed E-state index contributed by atoms with van der Waals surface area (Å²) in [5.41, 5.74) is 18.3. The van der Waals surface area contributed by atoms with Crippen molar-refractivity contribution in [3.05, 3.63) is 198 Å². The maximum Gasteiger partial charge on any atom is 0.136 e. The molecule has 11 rings (SSSR count). The topological polar surface area (TPSA) is 46.7 Å². The van der Waals surface area contributed by atoms with E-state index < -0.39 is 0 Å². The number of hydrogen-bond acceptors (Lipinski definition) is 5. The average molecular weight is 1200 g/mol. The van der Waals surface area contributed by atoms with Crippen molar-refractivity contribution >= 4 is 55.7 Å². The summed E-state index contributed by atoms with van der Waals surface area (Å²) in [5, 5.41) is 1.95. The Morgan fingerprint density at radius 1 is 0.481 bits per heavy atom. The molecule has 7 aromatic carbocycles. The molecule has 396 valence electrons. The molecule has 0 N–H and O–H groups in total. The van der Waals surface area contributed by atoms with Crippen molar-refractivity contribution in [2.75, 3.05) is 9.80 Å². The number of benzene rings is 7. The van der Waals surface area contributed by atoms with Gasteiger partial charge in [0.2, 0.25) is 0 Å². The molecule has 0 unspecified atom stereocenters. The zero-order valence-electron chi connectivity index (χ0n) is 47.4. The number of furan rings is 1. The van der Waals surface area contributed by atoms with Crippen LogP contribution in [-0.4, -0.2) is 9.55 Å². The Labute approximate surface area is 471 Å². The predicted octanol–water partition coefficient (Wildman–Crippen LogP) is 19.5. The van der Waals surface area contributed by atoms with Gasteiger partial charge in [0.05, 0.1) is 5.52 Å². The molecule has 0 saturated carbocycles. The summed E-state index contributed by atoms with van der Waals surface area (Å²) in [4.78, 5) is 9.58. The van der Waals surface area contributed by atoms with Gasteiger partial charge in [-0.15, -0.1) is 42.7 Å². The average Bonchev–Trinajstić information content (AvgIpc) is 4.15. The molecule has 0 atom stereocenters. The van der Waals surface area contributed by atoms with Crippen LogP contribution in [0.1, 0.15) is 132 Å². The quantitative estimate of drug-likeness (QED) is 0.149. The van der Waals surface area contributed by atoms with Gasteiger partial charge < -0.3 is 23.5 Å². The molecular formula is C70H71N4O2Pt-3. The molecule has 4 heterocycles. The van der Waals surface area contributed by atoms with Gasteiger partial charge in [0.25, 0.3) is 0 Å². The van der Waals surface area contributed by atoms with Gasteiger partial charge in [-0.3, -0.25) is 0 Å². The number of anilines is 4. The van der Waals surface area contributed by atoms with Crippen LogP contribution in [0.2, 0.25) is 0 Å². The van der Waals surface area contributed by atoms with Gasteiger partial charge in [0, 0.05) is 72.3 Å². The van der Waals surface area contributed by atoms with E-state index in [9.17, 15) is 0 Å². The van der Waals surface area contributed by atoms with Crippen LogP contribution in [-0.2, 0) is 48.1 Å². The Balaban J connectivity index is 0.00000672. The first kappa shape index (κ1) is 53.5. The Bertz CT molecular complexity index is 3720. The normalized spacial score (nSPS) is 13.4. The SMILES string of the molecule is CC(C)(C)c1cc(-c2cccc(-c3cc(C(C)(C)C)cc(C(C)(C)C)c3)c2N2[CH-]N(c3[c-]c(Oc4[c-]c5c(cc4)c4oc6ccccc6c4n5-c4cc(C(C)(C)C)ccn4)ccc3)c3ccccc32)cc(C(C)(C)C)c1.[Pt]. The van der Waals surface area contributed by atoms with Crippen LogP contribution >= 0.6 is 0 Å². The van der Waals surface area contributed by atoms with E-state index in [4.69, 9.17) is 14.1 Å². The predicted molar refractivity (Wildman–Crippen MR) is 318 cm³/mol. The molecule has 0 spiro atoms. The number of nitrogens with zero attached hydrogens (tertiary/aromatic N) is 4. The molecule has 77 heavy (non-hydrogen) atoms. The van der Waals surface area contributed by atoms with E-state index in [2.05, 4.69) is 252 Å². The van der Waals surface area contributed by atoms with E-state index in [0.29, 0.717) is 11.5 Å². The van der Waals surface area contributed by atoms with Gasteiger partial charge in [-0.05, 0) is 102 Å². The molecule has 0 amide bonds. The Kier molecular flexibility index (Phi) is 13.4. The van der Waals surface area contributed by atoms with Crippen molar-refractivity contribution in [2.45, 2.75) is 131 Å². The second kappa shape index (κ2) is 19.2. The Morgan fingerprint density at radius 2 is 1.00 bits per heavy atom. The minimum absolute atomic E-state index is 0. The molecule has 0 fully saturated rings.